The lowest BCUT2D eigenvalue weighted by atomic mass is 9.95. The quantitative estimate of drug-likeness (QED) is 0.900. The highest BCUT2D eigenvalue weighted by Crippen LogP contribution is 2.19. The molecular formula is C18H19ClN2O2. The van der Waals surface area contributed by atoms with Crippen molar-refractivity contribution in [3.63, 3.8) is 0 Å². The van der Waals surface area contributed by atoms with Crippen LogP contribution in [-0.4, -0.2) is 16.9 Å². The summed E-state index contributed by atoms with van der Waals surface area (Å²) >= 11 is 5.86. The third-order valence-electron chi connectivity index (χ3n) is 4.25. The zero-order valence-electron chi connectivity index (χ0n) is 12.8. The van der Waals surface area contributed by atoms with Crippen LogP contribution in [0.3, 0.4) is 0 Å². The zero-order valence-corrected chi connectivity index (χ0v) is 13.5. The number of rotatable bonds is 3. The van der Waals surface area contributed by atoms with Crippen LogP contribution in [0.1, 0.15) is 42.5 Å². The van der Waals surface area contributed by atoms with E-state index in [-0.39, 0.29) is 23.1 Å². The summed E-state index contributed by atoms with van der Waals surface area (Å²) in [6.07, 6.45) is 5.48. The number of carbonyl (C=O) groups is 1. The van der Waals surface area contributed by atoms with Gasteiger partial charge in [0.05, 0.1) is 0 Å². The average Bonchev–Trinajstić information content (AvgIpc) is 2.56. The molecule has 0 aliphatic heterocycles. The first-order chi connectivity index (χ1) is 11.1. The summed E-state index contributed by atoms with van der Waals surface area (Å²) in [6.45, 7) is 0. The van der Waals surface area contributed by atoms with Crippen LogP contribution in [0.5, 0.6) is 0 Å². The molecule has 1 fully saturated rings. The van der Waals surface area contributed by atoms with Crippen molar-refractivity contribution in [2.24, 2.45) is 0 Å². The SMILES string of the molecule is O=C(NC1CCCCC1)c1ccc(-c2ccc(Cl)cc2)[nH]c1=O. The van der Waals surface area contributed by atoms with E-state index in [0.29, 0.717) is 10.7 Å². The van der Waals surface area contributed by atoms with Crippen LogP contribution >= 0.6 is 11.6 Å². The summed E-state index contributed by atoms with van der Waals surface area (Å²) in [5.41, 5.74) is 1.31. The number of hydrogen-bond donors (Lipinski definition) is 2. The minimum Gasteiger partial charge on any atom is -0.349 e. The summed E-state index contributed by atoms with van der Waals surface area (Å²) in [4.78, 5) is 27.3. The Hall–Kier alpha value is -2.07. The molecular weight excluding hydrogens is 312 g/mol. The van der Waals surface area contributed by atoms with E-state index >= 15 is 0 Å². The van der Waals surface area contributed by atoms with Crippen LogP contribution in [0.2, 0.25) is 5.02 Å². The molecule has 1 saturated carbocycles. The van der Waals surface area contributed by atoms with Gasteiger partial charge in [-0.15, -0.1) is 0 Å². The molecule has 1 aromatic carbocycles. The molecule has 0 atom stereocenters. The van der Waals surface area contributed by atoms with Crippen LogP contribution in [0, 0.1) is 0 Å². The molecule has 1 heterocycles. The summed E-state index contributed by atoms with van der Waals surface area (Å²) in [6, 6.07) is 10.7. The van der Waals surface area contributed by atoms with Gasteiger partial charge in [-0.25, -0.2) is 0 Å². The lowest BCUT2D eigenvalue weighted by molar-refractivity contribution is 0.0926. The first kappa shape index (κ1) is 15.8. The fraction of sp³-hybridized carbons (Fsp3) is 0.333. The Labute approximate surface area is 139 Å². The fourth-order valence-electron chi connectivity index (χ4n) is 2.96. The highest BCUT2D eigenvalue weighted by atomic mass is 35.5. The van der Waals surface area contributed by atoms with Gasteiger partial charge in [-0.05, 0) is 42.7 Å². The van der Waals surface area contributed by atoms with E-state index in [1.165, 1.54) is 6.42 Å². The summed E-state index contributed by atoms with van der Waals surface area (Å²) in [5.74, 6) is -0.291. The van der Waals surface area contributed by atoms with Crippen molar-refractivity contribution in [2.45, 2.75) is 38.1 Å². The Bertz CT molecular complexity index is 746. The third kappa shape index (κ3) is 3.82. The highest BCUT2D eigenvalue weighted by Gasteiger charge is 2.18. The number of aromatic nitrogens is 1. The van der Waals surface area contributed by atoms with Crippen LogP contribution in [0.15, 0.2) is 41.2 Å². The molecule has 0 spiro atoms. The van der Waals surface area contributed by atoms with Crippen molar-refractivity contribution in [3.8, 4) is 11.3 Å². The normalized spacial score (nSPS) is 15.3. The standard InChI is InChI=1S/C18H19ClN2O2/c19-13-8-6-12(7-9-13)16-11-10-15(18(23)21-16)17(22)20-14-4-2-1-3-5-14/h6-11,14H,1-5H2,(H,20,22)(H,21,23). The van der Waals surface area contributed by atoms with Crippen LogP contribution in [0.25, 0.3) is 11.3 Å². The van der Waals surface area contributed by atoms with E-state index in [9.17, 15) is 9.59 Å². The number of nitrogens with one attached hydrogen (secondary N) is 2. The molecule has 23 heavy (non-hydrogen) atoms. The number of aromatic amines is 1. The fourth-order valence-corrected chi connectivity index (χ4v) is 3.09. The predicted octanol–water partition coefficient (Wildman–Crippen LogP) is 3.76. The first-order valence-electron chi connectivity index (χ1n) is 7.93. The van der Waals surface area contributed by atoms with Crippen LogP contribution in [0.4, 0.5) is 0 Å². The van der Waals surface area contributed by atoms with Crippen molar-refractivity contribution in [2.75, 3.05) is 0 Å². The second-order valence-electron chi connectivity index (χ2n) is 5.93. The molecule has 4 nitrogen and oxygen atoms in total. The van der Waals surface area contributed by atoms with Gasteiger partial charge in [-0.3, -0.25) is 9.59 Å². The Morgan fingerprint density at radius 3 is 2.39 bits per heavy atom. The van der Waals surface area contributed by atoms with Gasteiger partial charge >= 0.3 is 0 Å². The van der Waals surface area contributed by atoms with Gasteiger partial charge in [0.25, 0.3) is 11.5 Å². The Balaban J connectivity index is 1.77. The molecule has 1 amide bonds. The van der Waals surface area contributed by atoms with E-state index in [4.69, 9.17) is 11.6 Å². The largest absolute Gasteiger partial charge is 0.349 e. The van der Waals surface area contributed by atoms with E-state index in [2.05, 4.69) is 10.3 Å². The van der Waals surface area contributed by atoms with Gasteiger partial charge in [-0.2, -0.15) is 0 Å². The van der Waals surface area contributed by atoms with Crippen molar-refractivity contribution < 1.29 is 4.79 Å². The molecule has 0 unspecified atom stereocenters. The monoisotopic (exact) mass is 330 g/mol. The number of H-pyrrole nitrogens is 1. The number of benzene rings is 1. The molecule has 120 valence electrons. The second kappa shape index (κ2) is 7.01. The molecule has 0 bridgehead atoms. The minimum atomic E-state index is -0.370. The number of halogens is 1. The minimum absolute atomic E-state index is 0.160. The highest BCUT2D eigenvalue weighted by molar-refractivity contribution is 6.30. The maximum atomic E-state index is 12.3. The maximum absolute atomic E-state index is 12.3. The van der Waals surface area contributed by atoms with Gasteiger partial charge in [0.2, 0.25) is 0 Å². The molecule has 3 rings (SSSR count). The molecule has 0 saturated heterocycles. The van der Waals surface area contributed by atoms with Crippen LogP contribution < -0.4 is 10.9 Å². The van der Waals surface area contributed by atoms with Gasteiger partial charge in [-0.1, -0.05) is 43.0 Å². The Morgan fingerprint density at radius 2 is 1.74 bits per heavy atom. The molecule has 1 aliphatic carbocycles. The van der Waals surface area contributed by atoms with E-state index in [0.717, 1.165) is 31.2 Å². The van der Waals surface area contributed by atoms with Crippen molar-refractivity contribution in [3.05, 3.63) is 57.3 Å². The molecule has 0 radical (unpaired) electrons. The number of amides is 1. The average molecular weight is 331 g/mol. The summed E-state index contributed by atoms with van der Waals surface area (Å²) in [7, 11) is 0. The number of hydrogen-bond acceptors (Lipinski definition) is 2. The van der Waals surface area contributed by atoms with Gasteiger partial charge < -0.3 is 10.3 Å². The number of carbonyl (C=O) groups excluding carboxylic acids is 1. The van der Waals surface area contributed by atoms with Gasteiger partial charge in [0, 0.05) is 16.8 Å². The zero-order chi connectivity index (χ0) is 16.2. The molecule has 1 aromatic heterocycles. The number of pyridine rings is 1. The maximum Gasteiger partial charge on any atom is 0.261 e. The molecule has 1 aliphatic rings. The van der Waals surface area contributed by atoms with Crippen molar-refractivity contribution >= 4 is 17.5 Å². The summed E-state index contributed by atoms with van der Waals surface area (Å²) in [5, 5.41) is 3.60. The van der Waals surface area contributed by atoms with E-state index in [1.54, 1.807) is 24.3 Å². The molecule has 5 heteroatoms. The third-order valence-corrected chi connectivity index (χ3v) is 4.50. The van der Waals surface area contributed by atoms with Crippen molar-refractivity contribution in [1.29, 1.82) is 0 Å². The predicted molar refractivity (Wildman–Crippen MR) is 91.8 cm³/mol. The lowest BCUT2D eigenvalue weighted by Gasteiger charge is -2.22. The van der Waals surface area contributed by atoms with E-state index in [1.807, 2.05) is 12.1 Å². The van der Waals surface area contributed by atoms with Crippen LogP contribution in [-0.2, 0) is 0 Å². The molecule has 2 N–H and O–H groups in total. The summed E-state index contributed by atoms with van der Waals surface area (Å²) < 4.78 is 0. The van der Waals surface area contributed by atoms with Crippen molar-refractivity contribution in [1.82, 2.24) is 10.3 Å². The topological polar surface area (TPSA) is 62.0 Å². The van der Waals surface area contributed by atoms with Gasteiger partial charge in [0.1, 0.15) is 5.56 Å². The van der Waals surface area contributed by atoms with E-state index < -0.39 is 0 Å². The smallest absolute Gasteiger partial charge is 0.261 e. The Kier molecular flexibility index (Phi) is 4.82. The second-order valence-corrected chi connectivity index (χ2v) is 6.37. The Morgan fingerprint density at radius 1 is 1.04 bits per heavy atom. The first-order valence-corrected chi connectivity index (χ1v) is 8.31. The van der Waals surface area contributed by atoms with Gasteiger partial charge in [0.15, 0.2) is 0 Å². The lowest BCUT2D eigenvalue weighted by Crippen LogP contribution is -2.38. The molecule has 2 aromatic rings.